The minimum absolute atomic E-state index is 0.128. The van der Waals surface area contributed by atoms with Crippen molar-refractivity contribution in [2.24, 2.45) is 0 Å². The lowest BCUT2D eigenvalue weighted by Crippen LogP contribution is -2.05. The average Bonchev–Trinajstić information content (AvgIpc) is 3.13. The normalized spacial score (nSPS) is 10.8. The number of aryl methyl sites for hydroxylation is 1. The average molecular weight is 429 g/mol. The number of carbonyl (C=O) groups excluding carboxylic acids is 2. The van der Waals surface area contributed by atoms with E-state index in [2.05, 4.69) is 5.32 Å². The first kappa shape index (κ1) is 21.2. The minimum atomic E-state index is -0.257. The lowest BCUT2D eigenvalue weighted by molar-refractivity contribution is -0.114. The maximum absolute atomic E-state index is 13.3. The molecule has 0 unspecified atom stereocenters. The summed E-state index contributed by atoms with van der Waals surface area (Å²) in [4.78, 5) is 24.6. The van der Waals surface area contributed by atoms with Crippen LogP contribution in [0.5, 0.6) is 11.5 Å². The summed E-state index contributed by atoms with van der Waals surface area (Å²) in [5.74, 6) is 0.909. The summed E-state index contributed by atoms with van der Waals surface area (Å²) in [5, 5.41) is 3.65. The molecule has 1 N–H and O–H groups in total. The highest BCUT2D eigenvalue weighted by atomic mass is 16.5. The van der Waals surface area contributed by atoms with Gasteiger partial charge in [0.1, 0.15) is 17.1 Å². The largest absolute Gasteiger partial charge is 0.497 e. The number of anilines is 1. The highest BCUT2D eigenvalue weighted by molar-refractivity contribution is 6.12. The van der Waals surface area contributed by atoms with E-state index in [0.717, 1.165) is 22.1 Å². The van der Waals surface area contributed by atoms with Crippen molar-refractivity contribution >= 4 is 28.3 Å². The van der Waals surface area contributed by atoms with Crippen molar-refractivity contribution < 1.29 is 23.5 Å². The molecular formula is C26H23NO5. The van der Waals surface area contributed by atoms with Crippen LogP contribution in [0.3, 0.4) is 0 Å². The van der Waals surface area contributed by atoms with E-state index in [1.165, 1.54) is 14.0 Å². The van der Waals surface area contributed by atoms with Crippen molar-refractivity contribution in [1.29, 1.82) is 0 Å². The fraction of sp³-hybridized carbons (Fsp3) is 0.154. The number of hydrogen-bond acceptors (Lipinski definition) is 5. The van der Waals surface area contributed by atoms with Gasteiger partial charge in [-0.15, -0.1) is 0 Å². The standard InChI is InChI=1S/C26H23NO5/c1-15-21-10-8-18(17-6-5-7-19(12-17)27-16(2)28)13-24(21)32-26(15)25(29)22-11-9-20(30-3)14-23(22)31-4/h5-14H,1-4H3,(H,27,28). The Labute approximate surface area is 185 Å². The van der Waals surface area contributed by atoms with Gasteiger partial charge in [-0.1, -0.05) is 24.3 Å². The van der Waals surface area contributed by atoms with Gasteiger partial charge in [0.2, 0.25) is 11.7 Å². The molecule has 0 spiro atoms. The van der Waals surface area contributed by atoms with E-state index in [4.69, 9.17) is 13.9 Å². The summed E-state index contributed by atoms with van der Waals surface area (Å²) in [6.07, 6.45) is 0. The van der Waals surface area contributed by atoms with E-state index >= 15 is 0 Å². The van der Waals surface area contributed by atoms with Gasteiger partial charge >= 0.3 is 0 Å². The van der Waals surface area contributed by atoms with Crippen molar-refractivity contribution in [2.75, 3.05) is 19.5 Å². The third-order valence-electron chi connectivity index (χ3n) is 5.31. The lowest BCUT2D eigenvalue weighted by Gasteiger charge is -2.08. The van der Waals surface area contributed by atoms with E-state index in [-0.39, 0.29) is 17.5 Å². The first-order valence-electron chi connectivity index (χ1n) is 10.1. The summed E-state index contributed by atoms with van der Waals surface area (Å²) < 4.78 is 16.6. The molecule has 0 atom stereocenters. The fourth-order valence-corrected chi connectivity index (χ4v) is 3.71. The van der Waals surface area contributed by atoms with E-state index in [1.54, 1.807) is 25.3 Å². The summed E-state index contributed by atoms with van der Waals surface area (Å²) in [6.45, 7) is 3.34. The van der Waals surface area contributed by atoms with Gasteiger partial charge in [0.15, 0.2) is 5.76 Å². The van der Waals surface area contributed by atoms with Crippen LogP contribution in [0, 0.1) is 6.92 Å². The van der Waals surface area contributed by atoms with E-state index in [9.17, 15) is 9.59 Å². The molecule has 4 rings (SSSR count). The molecule has 162 valence electrons. The molecule has 3 aromatic carbocycles. The number of carbonyl (C=O) groups is 2. The molecule has 1 amide bonds. The summed E-state index contributed by atoms with van der Waals surface area (Å²) >= 11 is 0. The quantitative estimate of drug-likeness (QED) is 0.403. The van der Waals surface area contributed by atoms with Crippen molar-refractivity contribution in [1.82, 2.24) is 0 Å². The van der Waals surface area contributed by atoms with Gasteiger partial charge in [-0.25, -0.2) is 0 Å². The topological polar surface area (TPSA) is 77.8 Å². The molecule has 1 heterocycles. The number of ketones is 1. The van der Waals surface area contributed by atoms with E-state index in [0.29, 0.717) is 28.3 Å². The van der Waals surface area contributed by atoms with Crippen LogP contribution >= 0.6 is 0 Å². The van der Waals surface area contributed by atoms with Gasteiger partial charge in [0.25, 0.3) is 0 Å². The molecule has 0 saturated carbocycles. The van der Waals surface area contributed by atoms with Crippen LogP contribution in [0.2, 0.25) is 0 Å². The minimum Gasteiger partial charge on any atom is -0.497 e. The zero-order valence-electron chi connectivity index (χ0n) is 18.3. The van der Waals surface area contributed by atoms with Crippen LogP contribution in [-0.2, 0) is 4.79 Å². The summed E-state index contributed by atoms with van der Waals surface area (Å²) in [5.41, 5.74) is 4.34. The Bertz CT molecular complexity index is 1340. The van der Waals surface area contributed by atoms with Gasteiger partial charge in [0.05, 0.1) is 19.8 Å². The van der Waals surface area contributed by atoms with Gasteiger partial charge in [-0.05, 0) is 48.4 Å². The zero-order valence-corrected chi connectivity index (χ0v) is 18.3. The van der Waals surface area contributed by atoms with E-state index in [1.807, 2.05) is 49.4 Å². The third kappa shape index (κ3) is 3.95. The highest BCUT2D eigenvalue weighted by Gasteiger charge is 2.23. The van der Waals surface area contributed by atoms with Crippen LogP contribution in [0.25, 0.3) is 22.1 Å². The third-order valence-corrected chi connectivity index (χ3v) is 5.31. The summed E-state index contributed by atoms with van der Waals surface area (Å²) in [7, 11) is 3.07. The second-order valence-electron chi connectivity index (χ2n) is 7.42. The molecule has 0 saturated heterocycles. The van der Waals surface area contributed by atoms with Gasteiger partial charge < -0.3 is 19.2 Å². The summed E-state index contributed by atoms with van der Waals surface area (Å²) in [6, 6.07) is 18.4. The van der Waals surface area contributed by atoms with Gasteiger partial charge in [-0.3, -0.25) is 9.59 Å². The van der Waals surface area contributed by atoms with Crippen molar-refractivity contribution in [3.05, 3.63) is 77.6 Å². The number of methoxy groups -OCH3 is 2. The number of amides is 1. The molecule has 0 aliphatic heterocycles. The van der Waals surface area contributed by atoms with Crippen molar-refractivity contribution in [3.8, 4) is 22.6 Å². The molecule has 6 heteroatoms. The Morgan fingerprint density at radius 1 is 0.906 bits per heavy atom. The Kier molecular flexibility index (Phi) is 5.69. The molecule has 4 aromatic rings. The van der Waals surface area contributed by atoms with Crippen LogP contribution in [0.1, 0.15) is 28.6 Å². The van der Waals surface area contributed by atoms with Crippen LogP contribution in [0.15, 0.2) is 65.1 Å². The Balaban J connectivity index is 1.74. The number of hydrogen-bond donors (Lipinski definition) is 1. The predicted octanol–water partition coefficient (Wildman–Crippen LogP) is 5.61. The maximum Gasteiger partial charge on any atom is 0.232 e. The SMILES string of the molecule is COc1ccc(C(=O)c2oc3cc(-c4cccc(NC(C)=O)c4)ccc3c2C)c(OC)c1. The maximum atomic E-state index is 13.3. The lowest BCUT2D eigenvalue weighted by atomic mass is 10.0. The highest BCUT2D eigenvalue weighted by Crippen LogP contribution is 2.34. The molecule has 0 aliphatic rings. The number of furan rings is 1. The van der Waals surface area contributed by atoms with Crippen LogP contribution < -0.4 is 14.8 Å². The van der Waals surface area contributed by atoms with Gasteiger partial charge in [-0.2, -0.15) is 0 Å². The second-order valence-corrected chi connectivity index (χ2v) is 7.42. The van der Waals surface area contributed by atoms with Crippen molar-refractivity contribution in [2.45, 2.75) is 13.8 Å². The molecule has 0 aliphatic carbocycles. The molecule has 0 radical (unpaired) electrons. The number of ether oxygens (including phenoxy) is 2. The zero-order chi connectivity index (χ0) is 22.8. The molecule has 1 aromatic heterocycles. The number of nitrogens with one attached hydrogen (secondary N) is 1. The monoisotopic (exact) mass is 429 g/mol. The number of fused-ring (bicyclic) bond motifs is 1. The molecule has 32 heavy (non-hydrogen) atoms. The molecular weight excluding hydrogens is 406 g/mol. The molecule has 0 fully saturated rings. The first-order valence-corrected chi connectivity index (χ1v) is 10.1. The van der Waals surface area contributed by atoms with Gasteiger partial charge in [0, 0.05) is 29.6 Å². The van der Waals surface area contributed by atoms with Crippen LogP contribution in [0.4, 0.5) is 5.69 Å². The molecule has 6 nitrogen and oxygen atoms in total. The predicted molar refractivity (Wildman–Crippen MR) is 124 cm³/mol. The van der Waals surface area contributed by atoms with Crippen LogP contribution in [-0.4, -0.2) is 25.9 Å². The van der Waals surface area contributed by atoms with E-state index < -0.39 is 0 Å². The number of benzene rings is 3. The first-order chi connectivity index (χ1) is 15.4. The Hall–Kier alpha value is -4.06. The Morgan fingerprint density at radius 3 is 2.41 bits per heavy atom. The number of rotatable bonds is 6. The fourth-order valence-electron chi connectivity index (χ4n) is 3.71. The second kappa shape index (κ2) is 8.59. The van der Waals surface area contributed by atoms with Crippen molar-refractivity contribution in [3.63, 3.8) is 0 Å². The Morgan fingerprint density at radius 2 is 1.69 bits per heavy atom. The smallest absolute Gasteiger partial charge is 0.232 e. The molecule has 0 bridgehead atoms.